The molecule has 2 amide bonds. The van der Waals surface area contributed by atoms with Crippen LogP contribution in [-0.4, -0.2) is 51.6 Å². The van der Waals surface area contributed by atoms with Crippen LogP contribution in [0.3, 0.4) is 0 Å². The van der Waals surface area contributed by atoms with Crippen LogP contribution in [0.1, 0.15) is 23.7 Å². The number of rotatable bonds is 7. The second-order valence-electron chi connectivity index (χ2n) is 4.84. The summed E-state index contributed by atoms with van der Waals surface area (Å²) in [6.07, 6.45) is -0.293. The molecule has 0 aliphatic carbocycles. The number of anilines is 1. The van der Waals surface area contributed by atoms with E-state index in [0.29, 0.717) is 11.3 Å². The number of carboxylic acids is 1. The number of carbonyl (C=O) groups is 4. The zero-order valence-electron chi connectivity index (χ0n) is 12.9. The number of carbonyl (C=O) groups excluding carboxylic acids is 3. The minimum atomic E-state index is -1.08. The number of imide groups is 1. The Bertz CT molecular complexity index is 660. The van der Waals surface area contributed by atoms with E-state index < -0.39 is 28.5 Å². The van der Waals surface area contributed by atoms with Crippen LogP contribution < -0.4 is 5.32 Å². The Kier molecular flexibility index (Phi) is 5.80. The Morgan fingerprint density at radius 3 is 2.54 bits per heavy atom. The second-order valence-corrected chi connectivity index (χ2v) is 5.90. The summed E-state index contributed by atoms with van der Waals surface area (Å²) in [7, 11) is 0. The number of amides is 2. The lowest BCUT2D eigenvalue weighted by Gasteiger charge is -2.14. The Hall–Kier alpha value is -2.55. The van der Waals surface area contributed by atoms with Crippen LogP contribution in [0.15, 0.2) is 24.3 Å². The molecule has 2 N–H and O–H groups in total. The predicted molar refractivity (Wildman–Crippen MR) is 86.8 cm³/mol. The van der Waals surface area contributed by atoms with E-state index in [0.717, 1.165) is 16.7 Å². The molecular weight excluding hydrogens is 336 g/mol. The summed E-state index contributed by atoms with van der Waals surface area (Å²) >= 11 is 0.789. The highest BCUT2D eigenvalue weighted by Gasteiger charge is 2.39. The van der Waals surface area contributed by atoms with Gasteiger partial charge in [-0.25, -0.2) is 4.79 Å². The molecule has 8 nitrogen and oxygen atoms in total. The summed E-state index contributed by atoms with van der Waals surface area (Å²) in [5.41, 5.74) is 0.939. The van der Waals surface area contributed by atoms with E-state index in [1.165, 1.54) is 0 Å². The smallest absolute Gasteiger partial charge is 0.338 e. The van der Waals surface area contributed by atoms with Crippen molar-refractivity contribution in [2.45, 2.75) is 18.7 Å². The molecule has 1 fully saturated rings. The molecule has 1 aliphatic heterocycles. The minimum Gasteiger partial charge on any atom is -0.481 e. The fourth-order valence-electron chi connectivity index (χ4n) is 2.01. The largest absolute Gasteiger partial charge is 0.481 e. The summed E-state index contributed by atoms with van der Waals surface area (Å²) in [4.78, 5) is 47.0. The third-order valence-corrected chi connectivity index (χ3v) is 4.15. The molecule has 1 heterocycles. The first-order valence-electron chi connectivity index (χ1n) is 7.20. The highest BCUT2D eigenvalue weighted by atomic mass is 32.2. The molecule has 2 rings (SSSR count). The molecule has 0 spiro atoms. The Morgan fingerprint density at radius 1 is 1.29 bits per heavy atom. The van der Waals surface area contributed by atoms with Gasteiger partial charge in [0.05, 0.1) is 18.6 Å². The van der Waals surface area contributed by atoms with Crippen molar-refractivity contribution in [3.8, 4) is 0 Å². The number of nitrogens with one attached hydrogen (secondary N) is 1. The van der Waals surface area contributed by atoms with Crippen LogP contribution in [-0.2, 0) is 14.3 Å². The summed E-state index contributed by atoms with van der Waals surface area (Å²) < 4.78 is 4.88. The molecule has 9 heteroatoms. The van der Waals surface area contributed by atoms with Gasteiger partial charge < -0.3 is 15.2 Å². The zero-order valence-corrected chi connectivity index (χ0v) is 13.7. The topological polar surface area (TPSA) is 113 Å². The lowest BCUT2D eigenvalue weighted by atomic mass is 10.2. The summed E-state index contributed by atoms with van der Waals surface area (Å²) in [6, 6.07) is 6.30. The molecule has 1 atom stereocenters. The number of thioether (sulfide) groups is 1. The van der Waals surface area contributed by atoms with Gasteiger partial charge in [-0.05, 0) is 43.0 Å². The molecule has 1 aliphatic rings. The van der Waals surface area contributed by atoms with Gasteiger partial charge in [0.25, 0.3) is 11.1 Å². The third kappa shape index (κ3) is 4.25. The number of aliphatic carboxylic acids is 1. The monoisotopic (exact) mass is 352 g/mol. The predicted octanol–water partition coefficient (Wildman–Crippen LogP) is 1.77. The highest BCUT2D eigenvalue weighted by molar-refractivity contribution is 8.15. The molecule has 0 saturated carbocycles. The fourth-order valence-corrected chi connectivity index (χ4v) is 2.95. The van der Waals surface area contributed by atoms with Crippen molar-refractivity contribution < 1.29 is 29.0 Å². The van der Waals surface area contributed by atoms with Crippen LogP contribution in [0.25, 0.3) is 0 Å². The molecule has 1 aromatic carbocycles. The second kappa shape index (κ2) is 7.82. The SMILES string of the molecule is CCOC(=O)c1ccc(N[C@@H]2SC(=O)N(CCC(=O)O)C2=O)cc1. The summed E-state index contributed by atoms with van der Waals surface area (Å²) in [5, 5.41) is 10.2. The van der Waals surface area contributed by atoms with E-state index in [1.807, 2.05) is 0 Å². The standard InChI is InChI=1S/C15H16N2O6S/c1-2-23-14(21)9-3-5-10(6-4-9)16-12-13(20)17(15(22)24-12)8-7-11(18)19/h3-6,12,16H,2,7-8H2,1H3,(H,18,19)/t12-/m1/s1. The number of hydrogen-bond donors (Lipinski definition) is 2. The van der Waals surface area contributed by atoms with Crippen molar-refractivity contribution in [2.24, 2.45) is 0 Å². The van der Waals surface area contributed by atoms with Crippen molar-refractivity contribution in [1.82, 2.24) is 4.90 Å². The Morgan fingerprint density at radius 2 is 1.96 bits per heavy atom. The first-order valence-corrected chi connectivity index (χ1v) is 8.08. The number of carboxylic acid groups (broad SMARTS) is 1. The molecule has 0 unspecified atom stereocenters. The number of benzene rings is 1. The van der Waals surface area contributed by atoms with Gasteiger partial charge in [-0.15, -0.1) is 0 Å². The molecule has 0 radical (unpaired) electrons. The maximum atomic E-state index is 12.1. The molecule has 128 valence electrons. The maximum absolute atomic E-state index is 12.1. The van der Waals surface area contributed by atoms with Gasteiger partial charge in [-0.1, -0.05) is 0 Å². The first-order chi connectivity index (χ1) is 11.4. The van der Waals surface area contributed by atoms with Crippen molar-refractivity contribution in [3.05, 3.63) is 29.8 Å². The lowest BCUT2D eigenvalue weighted by molar-refractivity contribution is -0.137. The molecule has 1 aromatic rings. The Labute approximate surface area is 142 Å². The normalized spacial score (nSPS) is 17.0. The van der Waals surface area contributed by atoms with Crippen molar-refractivity contribution in [2.75, 3.05) is 18.5 Å². The van der Waals surface area contributed by atoms with Gasteiger partial charge in [0.15, 0.2) is 5.37 Å². The summed E-state index contributed by atoms with van der Waals surface area (Å²) in [6.45, 7) is 1.84. The fraction of sp³-hybridized carbons (Fsp3) is 0.333. The van der Waals surface area contributed by atoms with E-state index >= 15 is 0 Å². The lowest BCUT2D eigenvalue weighted by Crippen LogP contribution is -2.35. The highest BCUT2D eigenvalue weighted by Crippen LogP contribution is 2.28. The van der Waals surface area contributed by atoms with E-state index in [-0.39, 0.29) is 19.6 Å². The van der Waals surface area contributed by atoms with Gasteiger partial charge in [-0.3, -0.25) is 19.3 Å². The van der Waals surface area contributed by atoms with Crippen LogP contribution in [0.4, 0.5) is 10.5 Å². The third-order valence-electron chi connectivity index (χ3n) is 3.17. The van der Waals surface area contributed by atoms with Gasteiger partial charge in [0.2, 0.25) is 0 Å². The van der Waals surface area contributed by atoms with E-state index in [4.69, 9.17) is 9.84 Å². The van der Waals surface area contributed by atoms with Crippen molar-refractivity contribution in [1.29, 1.82) is 0 Å². The van der Waals surface area contributed by atoms with Crippen LogP contribution in [0, 0.1) is 0 Å². The van der Waals surface area contributed by atoms with Gasteiger partial charge in [-0.2, -0.15) is 0 Å². The average molecular weight is 352 g/mol. The van der Waals surface area contributed by atoms with Gasteiger partial charge in [0.1, 0.15) is 0 Å². The molecule has 0 aromatic heterocycles. The van der Waals surface area contributed by atoms with Crippen LogP contribution in [0.2, 0.25) is 0 Å². The quantitative estimate of drug-likeness (QED) is 0.714. The molecule has 1 saturated heterocycles. The number of ether oxygens (including phenoxy) is 1. The number of esters is 1. The van der Waals surface area contributed by atoms with E-state index in [9.17, 15) is 19.2 Å². The van der Waals surface area contributed by atoms with Gasteiger partial charge >= 0.3 is 11.9 Å². The van der Waals surface area contributed by atoms with E-state index in [2.05, 4.69) is 5.32 Å². The average Bonchev–Trinajstić information content (AvgIpc) is 2.80. The van der Waals surface area contributed by atoms with Crippen LogP contribution in [0.5, 0.6) is 0 Å². The van der Waals surface area contributed by atoms with Crippen LogP contribution >= 0.6 is 11.8 Å². The van der Waals surface area contributed by atoms with Crippen molar-refractivity contribution >= 4 is 40.5 Å². The molecular formula is C15H16N2O6S. The first kappa shape index (κ1) is 17.8. The summed E-state index contributed by atoms with van der Waals surface area (Å²) in [5.74, 6) is -2.00. The van der Waals surface area contributed by atoms with Crippen molar-refractivity contribution in [3.63, 3.8) is 0 Å². The molecule has 24 heavy (non-hydrogen) atoms. The zero-order chi connectivity index (χ0) is 17.7. The number of hydrogen-bond acceptors (Lipinski definition) is 7. The Balaban J connectivity index is 1.98. The van der Waals surface area contributed by atoms with E-state index in [1.54, 1.807) is 31.2 Å². The maximum Gasteiger partial charge on any atom is 0.338 e. The minimum absolute atomic E-state index is 0.153. The number of nitrogens with zero attached hydrogens (tertiary/aromatic N) is 1. The molecule has 0 bridgehead atoms. The van der Waals surface area contributed by atoms with Gasteiger partial charge in [0, 0.05) is 12.2 Å².